The highest BCUT2D eigenvalue weighted by atomic mass is 19.3. The van der Waals surface area contributed by atoms with Crippen LogP contribution in [0, 0.1) is 0 Å². The highest BCUT2D eigenvalue weighted by Gasteiger charge is 2.12. The monoisotopic (exact) mass is 297 g/mol. The maximum absolute atomic E-state index is 12.0. The highest BCUT2D eigenvalue weighted by molar-refractivity contribution is 5.93. The third-order valence-corrected chi connectivity index (χ3v) is 2.73. The fraction of sp³-hybridized carbons (Fsp3) is 0.214. The van der Waals surface area contributed by atoms with Crippen LogP contribution in [0.1, 0.15) is 22.0 Å². The summed E-state index contributed by atoms with van der Waals surface area (Å²) < 4.78 is 33.0. The zero-order chi connectivity index (χ0) is 15.2. The van der Waals surface area contributed by atoms with Crippen molar-refractivity contribution in [3.63, 3.8) is 0 Å². The van der Waals surface area contributed by atoms with Crippen molar-refractivity contribution in [1.29, 1.82) is 0 Å². The summed E-state index contributed by atoms with van der Waals surface area (Å²) in [4.78, 5) is 11.6. The smallest absolute Gasteiger partial charge is 0.387 e. The van der Waals surface area contributed by atoms with Crippen molar-refractivity contribution in [3.05, 3.63) is 54.0 Å². The van der Waals surface area contributed by atoms with Crippen molar-refractivity contribution in [2.24, 2.45) is 0 Å². The van der Waals surface area contributed by atoms with Gasteiger partial charge in [-0.1, -0.05) is 12.1 Å². The molecule has 1 atom stereocenters. The third-order valence-electron chi connectivity index (χ3n) is 2.73. The lowest BCUT2D eigenvalue weighted by atomic mass is 10.1. The summed E-state index contributed by atoms with van der Waals surface area (Å²) in [7, 11) is 0. The molecule has 0 aliphatic rings. The van der Waals surface area contributed by atoms with Gasteiger partial charge in [-0.25, -0.2) is 0 Å². The number of furan rings is 1. The van der Waals surface area contributed by atoms with Gasteiger partial charge in [0.25, 0.3) is 5.91 Å². The van der Waals surface area contributed by atoms with E-state index in [1.54, 1.807) is 0 Å². The lowest BCUT2D eigenvalue weighted by Gasteiger charge is -2.12. The first-order chi connectivity index (χ1) is 10.1. The summed E-state index contributed by atoms with van der Waals surface area (Å²) in [6, 6.07) is 7.04. The minimum absolute atomic E-state index is 0.00313. The van der Waals surface area contributed by atoms with Crippen LogP contribution in [0.2, 0.25) is 0 Å². The van der Waals surface area contributed by atoms with E-state index in [1.807, 2.05) is 0 Å². The second kappa shape index (κ2) is 6.85. The predicted octanol–water partition coefficient (Wildman–Crippen LogP) is 2.34. The average molecular weight is 297 g/mol. The maximum Gasteiger partial charge on any atom is 0.387 e. The number of amides is 1. The Kier molecular flexibility index (Phi) is 4.89. The SMILES string of the molecule is O=C(NCC(O)c1ccc(OC(F)F)cc1)c1ccoc1. The number of rotatable bonds is 6. The molecule has 0 bridgehead atoms. The Morgan fingerprint density at radius 3 is 2.57 bits per heavy atom. The molecule has 1 unspecified atom stereocenters. The van der Waals surface area contributed by atoms with Crippen LogP contribution in [0.4, 0.5) is 8.78 Å². The molecule has 2 aromatic rings. The Labute approximate surface area is 119 Å². The van der Waals surface area contributed by atoms with Gasteiger partial charge in [0.1, 0.15) is 12.0 Å². The summed E-state index contributed by atoms with van der Waals surface area (Å²) >= 11 is 0. The molecule has 5 nitrogen and oxygen atoms in total. The molecule has 2 rings (SSSR count). The molecule has 1 aromatic heterocycles. The van der Waals surface area contributed by atoms with Gasteiger partial charge >= 0.3 is 6.61 Å². The van der Waals surface area contributed by atoms with E-state index in [2.05, 4.69) is 10.1 Å². The van der Waals surface area contributed by atoms with Gasteiger partial charge < -0.3 is 19.6 Å². The molecule has 2 N–H and O–H groups in total. The molecule has 1 amide bonds. The fourth-order valence-electron chi connectivity index (χ4n) is 1.67. The van der Waals surface area contributed by atoms with Gasteiger partial charge in [0.2, 0.25) is 0 Å². The van der Waals surface area contributed by atoms with Crippen LogP contribution in [-0.4, -0.2) is 24.2 Å². The molecule has 0 spiro atoms. The molecule has 21 heavy (non-hydrogen) atoms. The highest BCUT2D eigenvalue weighted by Crippen LogP contribution is 2.19. The molecule has 1 aromatic carbocycles. The largest absolute Gasteiger partial charge is 0.472 e. The van der Waals surface area contributed by atoms with Crippen molar-refractivity contribution in [3.8, 4) is 5.75 Å². The van der Waals surface area contributed by atoms with E-state index in [0.717, 1.165) is 0 Å². The summed E-state index contributed by atoms with van der Waals surface area (Å²) in [6.07, 6.45) is 1.70. The second-order valence-electron chi connectivity index (χ2n) is 4.19. The lowest BCUT2D eigenvalue weighted by molar-refractivity contribution is -0.0498. The first kappa shape index (κ1) is 15.0. The lowest BCUT2D eigenvalue weighted by Crippen LogP contribution is -2.28. The van der Waals surface area contributed by atoms with Crippen molar-refractivity contribution in [2.75, 3.05) is 6.54 Å². The number of benzene rings is 1. The molecule has 0 aliphatic carbocycles. The molecule has 0 saturated carbocycles. The quantitative estimate of drug-likeness (QED) is 0.858. The maximum atomic E-state index is 12.0. The fourth-order valence-corrected chi connectivity index (χ4v) is 1.67. The molecule has 0 aliphatic heterocycles. The zero-order valence-electron chi connectivity index (χ0n) is 10.8. The molecule has 112 valence electrons. The number of carbonyl (C=O) groups is 1. The number of hydrogen-bond donors (Lipinski definition) is 2. The van der Waals surface area contributed by atoms with E-state index in [4.69, 9.17) is 4.42 Å². The number of nitrogens with one attached hydrogen (secondary N) is 1. The van der Waals surface area contributed by atoms with Crippen LogP contribution in [0.15, 0.2) is 47.3 Å². The van der Waals surface area contributed by atoms with Crippen LogP contribution in [0.5, 0.6) is 5.75 Å². The van der Waals surface area contributed by atoms with E-state index >= 15 is 0 Å². The Balaban J connectivity index is 1.88. The van der Waals surface area contributed by atoms with Crippen LogP contribution in [0.25, 0.3) is 0 Å². The first-order valence-corrected chi connectivity index (χ1v) is 6.09. The van der Waals surface area contributed by atoms with E-state index in [1.165, 1.54) is 42.9 Å². The number of hydrogen-bond acceptors (Lipinski definition) is 4. The zero-order valence-corrected chi connectivity index (χ0v) is 10.8. The topological polar surface area (TPSA) is 71.7 Å². The van der Waals surface area contributed by atoms with Gasteiger partial charge in [-0.05, 0) is 23.8 Å². The first-order valence-electron chi connectivity index (χ1n) is 6.09. The van der Waals surface area contributed by atoms with Gasteiger partial charge in [-0.15, -0.1) is 0 Å². The van der Waals surface area contributed by atoms with Crippen LogP contribution < -0.4 is 10.1 Å². The van der Waals surface area contributed by atoms with Crippen LogP contribution in [-0.2, 0) is 0 Å². The molecule has 1 heterocycles. The van der Waals surface area contributed by atoms with E-state index in [-0.39, 0.29) is 18.2 Å². The normalized spacial score (nSPS) is 12.2. The number of alkyl halides is 2. The molecule has 0 saturated heterocycles. The van der Waals surface area contributed by atoms with Gasteiger partial charge in [0.15, 0.2) is 0 Å². The average Bonchev–Trinajstić information content (AvgIpc) is 2.99. The number of ether oxygens (including phenoxy) is 1. The summed E-state index contributed by atoms with van der Waals surface area (Å²) in [6.45, 7) is -2.91. The predicted molar refractivity (Wildman–Crippen MR) is 69.1 cm³/mol. The minimum atomic E-state index is -2.89. The Morgan fingerprint density at radius 1 is 1.29 bits per heavy atom. The van der Waals surface area contributed by atoms with Gasteiger partial charge in [0.05, 0.1) is 17.9 Å². The molecule has 0 fully saturated rings. The van der Waals surface area contributed by atoms with Gasteiger partial charge in [-0.2, -0.15) is 8.78 Å². The van der Waals surface area contributed by atoms with Gasteiger partial charge in [-0.3, -0.25) is 4.79 Å². The number of carbonyl (C=O) groups excluding carboxylic acids is 1. The molecular weight excluding hydrogens is 284 g/mol. The molecule has 7 heteroatoms. The molecule has 0 radical (unpaired) electrons. The van der Waals surface area contributed by atoms with Crippen LogP contribution >= 0.6 is 0 Å². The van der Waals surface area contributed by atoms with E-state index in [9.17, 15) is 18.7 Å². The van der Waals surface area contributed by atoms with Crippen molar-refractivity contribution < 1.29 is 27.8 Å². The van der Waals surface area contributed by atoms with Crippen LogP contribution in [0.3, 0.4) is 0 Å². The standard InChI is InChI=1S/C14H13F2NO4/c15-14(16)21-11-3-1-9(2-4-11)12(18)7-17-13(19)10-5-6-20-8-10/h1-6,8,12,14,18H,7H2,(H,17,19). The Morgan fingerprint density at radius 2 is 2.00 bits per heavy atom. The molecular formula is C14H13F2NO4. The van der Waals surface area contributed by atoms with Crippen molar-refractivity contribution in [1.82, 2.24) is 5.32 Å². The third kappa shape index (κ3) is 4.28. The van der Waals surface area contributed by atoms with Crippen molar-refractivity contribution >= 4 is 5.91 Å². The summed E-state index contributed by atoms with van der Waals surface area (Å²) in [5.41, 5.74) is 0.826. The number of aliphatic hydroxyl groups excluding tert-OH is 1. The van der Waals surface area contributed by atoms with Gasteiger partial charge in [0, 0.05) is 6.54 Å². The van der Waals surface area contributed by atoms with E-state index in [0.29, 0.717) is 11.1 Å². The van der Waals surface area contributed by atoms with Crippen molar-refractivity contribution in [2.45, 2.75) is 12.7 Å². The Hall–Kier alpha value is -2.41. The summed E-state index contributed by atoms with van der Waals surface area (Å²) in [5.74, 6) is -0.371. The summed E-state index contributed by atoms with van der Waals surface area (Å²) in [5, 5.41) is 12.4. The minimum Gasteiger partial charge on any atom is -0.472 e. The van der Waals surface area contributed by atoms with E-state index < -0.39 is 12.7 Å². The number of aliphatic hydroxyl groups is 1. The number of halogens is 2. The Bertz CT molecular complexity index is 569. The second-order valence-corrected chi connectivity index (χ2v) is 4.19.